The number of urea groups is 1. The standard InChI is InChI=1S/C22H23N3O5/c1-15(19(27)23-13-16-9-5-3-6-10-16)30-18(26)14-25-20(28)22(2,24-21(25)29)17-11-7-4-8-12-17/h3-12,15H,13-14H2,1-2H3,(H,23,27)(H,24,29)/t15-,22+/m1/s1. The van der Waals surface area contributed by atoms with Gasteiger partial charge in [0.1, 0.15) is 12.1 Å². The van der Waals surface area contributed by atoms with Gasteiger partial charge in [-0.05, 0) is 25.0 Å². The largest absolute Gasteiger partial charge is 0.451 e. The van der Waals surface area contributed by atoms with E-state index in [9.17, 15) is 19.2 Å². The second-order valence-electron chi connectivity index (χ2n) is 7.15. The Bertz CT molecular complexity index is 948. The van der Waals surface area contributed by atoms with Crippen LogP contribution < -0.4 is 10.6 Å². The van der Waals surface area contributed by atoms with Gasteiger partial charge >= 0.3 is 12.0 Å². The molecule has 1 fully saturated rings. The number of nitrogens with one attached hydrogen (secondary N) is 2. The van der Waals surface area contributed by atoms with E-state index in [1.54, 1.807) is 37.3 Å². The number of amides is 4. The van der Waals surface area contributed by atoms with Gasteiger partial charge in [0.25, 0.3) is 11.8 Å². The van der Waals surface area contributed by atoms with E-state index in [0.29, 0.717) is 12.1 Å². The van der Waals surface area contributed by atoms with Gasteiger partial charge in [-0.25, -0.2) is 4.79 Å². The van der Waals surface area contributed by atoms with Gasteiger partial charge in [-0.15, -0.1) is 0 Å². The highest BCUT2D eigenvalue weighted by Gasteiger charge is 2.49. The molecule has 4 amide bonds. The maximum atomic E-state index is 12.8. The fourth-order valence-corrected chi connectivity index (χ4v) is 3.15. The monoisotopic (exact) mass is 409 g/mol. The number of hydrogen-bond acceptors (Lipinski definition) is 5. The third kappa shape index (κ3) is 4.48. The van der Waals surface area contributed by atoms with E-state index in [0.717, 1.165) is 10.5 Å². The highest BCUT2D eigenvalue weighted by molar-refractivity contribution is 6.08. The van der Waals surface area contributed by atoms with Crippen LogP contribution in [0.3, 0.4) is 0 Å². The second-order valence-corrected chi connectivity index (χ2v) is 7.15. The van der Waals surface area contributed by atoms with Crippen molar-refractivity contribution in [3.8, 4) is 0 Å². The minimum absolute atomic E-state index is 0.296. The lowest BCUT2D eigenvalue weighted by Crippen LogP contribution is -2.42. The van der Waals surface area contributed by atoms with Gasteiger partial charge < -0.3 is 15.4 Å². The maximum Gasteiger partial charge on any atom is 0.327 e. The van der Waals surface area contributed by atoms with Crippen molar-refractivity contribution in [3.63, 3.8) is 0 Å². The number of hydrogen-bond donors (Lipinski definition) is 2. The maximum absolute atomic E-state index is 12.8. The molecule has 156 valence electrons. The van der Waals surface area contributed by atoms with E-state index in [1.165, 1.54) is 6.92 Å². The molecule has 0 spiro atoms. The number of benzene rings is 2. The molecule has 2 atom stereocenters. The highest BCUT2D eigenvalue weighted by atomic mass is 16.5. The molecule has 1 saturated heterocycles. The Balaban J connectivity index is 1.55. The minimum Gasteiger partial charge on any atom is -0.451 e. The summed E-state index contributed by atoms with van der Waals surface area (Å²) in [6.45, 7) is 2.72. The lowest BCUT2D eigenvalue weighted by atomic mass is 9.92. The van der Waals surface area contributed by atoms with Gasteiger partial charge in [0.05, 0.1) is 0 Å². The van der Waals surface area contributed by atoms with Crippen LogP contribution in [0.1, 0.15) is 25.0 Å². The molecule has 30 heavy (non-hydrogen) atoms. The van der Waals surface area contributed by atoms with E-state index in [4.69, 9.17) is 4.74 Å². The highest BCUT2D eigenvalue weighted by Crippen LogP contribution is 2.28. The fraction of sp³-hybridized carbons (Fsp3) is 0.273. The smallest absolute Gasteiger partial charge is 0.327 e. The van der Waals surface area contributed by atoms with Crippen LogP contribution in [0, 0.1) is 0 Å². The first-order valence-electron chi connectivity index (χ1n) is 9.52. The zero-order chi connectivity index (χ0) is 21.7. The lowest BCUT2D eigenvalue weighted by molar-refractivity contribution is -0.156. The van der Waals surface area contributed by atoms with Gasteiger partial charge in [-0.2, -0.15) is 0 Å². The van der Waals surface area contributed by atoms with Gasteiger partial charge in [0, 0.05) is 6.54 Å². The van der Waals surface area contributed by atoms with E-state index >= 15 is 0 Å². The normalized spacial score (nSPS) is 19.2. The molecule has 2 aromatic carbocycles. The minimum atomic E-state index is -1.27. The van der Waals surface area contributed by atoms with Crippen molar-refractivity contribution in [1.29, 1.82) is 0 Å². The Morgan fingerprint density at radius 1 is 1.07 bits per heavy atom. The Labute approximate surface area is 174 Å². The number of nitrogens with zero attached hydrogens (tertiary/aromatic N) is 1. The molecule has 8 nitrogen and oxygen atoms in total. The molecule has 1 aliphatic rings. The first-order chi connectivity index (χ1) is 14.3. The first kappa shape index (κ1) is 21.0. The fourth-order valence-electron chi connectivity index (χ4n) is 3.15. The number of ether oxygens (including phenoxy) is 1. The van der Waals surface area contributed by atoms with E-state index in [1.807, 2.05) is 30.3 Å². The van der Waals surface area contributed by atoms with Crippen molar-refractivity contribution in [3.05, 3.63) is 71.8 Å². The molecule has 1 heterocycles. The average Bonchev–Trinajstić information content (AvgIpc) is 2.97. The van der Waals surface area contributed by atoms with Crippen molar-refractivity contribution < 1.29 is 23.9 Å². The predicted octanol–water partition coefficient (Wildman–Crippen LogP) is 1.70. The van der Waals surface area contributed by atoms with E-state index in [2.05, 4.69) is 10.6 Å². The van der Waals surface area contributed by atoms with Crippen LogP contribution >= 0.6 is 0 Å². The molecule has 2 aromatic rings. The molecule has 0 unspecified atom stereocenters. The zero-order valence-corrected chi connectivity index (χ0v) is 16.8. The summed E-state index contributed by atoms with van der Waals surface area (Å²) in [6.07, 6.45) is -1.07. The average molecular weight is 409 g/mol. The zero-order valence-electron chi connectivity index (χ0n) is 16.8. The van der Waals surface area contributed by atoms with Crippen LogP contribution in [-0.2, 0) is 31.2 Å². The van der Waals surface area contributed by atoms with E-state index < -0.39 is 42.0 Å². The van der Waals surface area contributed by atoms with Crippen LogP contribution in [0.4, 0.5) is 4.79 Å². The molecular weight excluding hydrogens is 386 g/mol. The van der Waals surface area contributed by atoms with Crippen LogP contribution in [-0.4, -0.2) is 41.4 Å². The van der Waals surface area contributed by atoms with Crippen LogP contribution in [0.15, 0.2) is 60.7 Å². The van der Waals surface area contributed by atoms with Crippen molar-refractivity contribution in [2.24, 2.45) is 0 Å². The molecular formula is C22H23N3O5. The number of rotatable bonds is 7. The van der Waals surface area contributed by atoms with Crippen molar-refractivity contribution in [2.45, 2.75) is 32.0 Å². The summed E-state index contributed by atoms with van der Waals surface area (Å²) < 4.78 is 5.11. The number of esters is 1. The number of carbonyl (C=O) groups is 4. The Morgan fingerprint density at radius 3 is 2.30 bits per heavy atom. The number of carbonyl (C=O) groups excluding carboxylic acids is 4. The van der Waals surface area contributed by atoms with Crippen LogP contribution in [0.25, 0.3) is 0 Å². The van der Waals surface area contributed by atoms with Gasteiger partial charge in [0.15, 0.2) is 6.10 Å². The van der Waals surface area contributed by atoms with Crippen molar-refractivity contribution in [1.82, 2.24) is 15.5 Å². The van der Waals surface area contributed by atoms with Crippen molar-refractivity contribution >= 4 is 23.8 Å². The molecule has 8 heteroatoms. The third-order valence-corrected chi connectivity index (χ3v) is 4.90. The topological polar surface area (TPSA) is 105 Å². The molecule has 0 bridgehead atoms. The molecule has 0 aromatic heterocycles. The Morgan fingerprint density at radius 2 is 1.67 bits per heavy atom. The molecule has 1 aliphatic heterocycles. The molecule has 2 N–H and O–H groups in total. The van der Waals surface area contributed by atoms with Gasteiger partial charge in [-0.1, -0.05) is 60.7 Å². The Kier molecular flexibility index (Phi) is 6.15. The molecule has 0 radical (unpaired) electrons. The van der Waals surface area contributed by atoms with Crippen molar-refractivity contribution in [2.75, 3.05) is 6.54 Å². The van der Waals surface area contributed by atoms with Crippen LogP contribution in [0.2, 0.25) is 0 Å². The first-order valence-corrected chi connectivity index (χ1v) is 9.52. The summed E-state index contributed by atoms with van der Waals surface area (Å²) in [5, 5.41) is 5.29. The summed E-state index contributed by atoms with van der Waals surface area (Å²) in [6, 6.07) is 17.4. The predicted molar refractivity (Wildman–Crippen MR) is 108 cm³/mol. The molecule has 0 aliphatic carbocycles. The van der Waals surface area contributed by atoms with Gasteiger partial charge in [0.2, 0.25) is 0 Å². The summed E-state index contributed by atoms with van der Waals surface area (Å²) in [7, 11) is 0. The van der Waals surface area contributed by atoms with E-state index in [-0.39, 0.29) is 0 Å². The molecule has 0 saturated carbocycles. The molecule has 3 rings (SSSR count). The summed E-state index contributed by atoms with van der Waals surface area (Å²) in [4.78, 5) is 50.3. The van der Waals surface area contributed by atoms with Gasteiger partial charge in [-0.3, -0.25) is 19.3 Å². The Hall–Kier alpha value is -3.68. The lowest BCUT2D eigenvalue weighted by Gasteiger charge is -2.22. The quantitative estimate of drug-likeness (QED) is 0.535. The summed E-state index contributed by atoms with van der Waals surface area (Å²) in [5.74, 6) is -1.88. The van der Waals surface area contributed by atoms with Crippen LogP contribution in [0.5, 0.6) is 0 Å². The third-order valence-electron chi connectivity index (χ3n) is 4.90. The number of imide groups is 1. The second kappa shape index (κ2) is 8.77. The SMILES string of the molecule is C[C@@H](OC(=O)CN1C(=O)N[C@@](C)(c2ccccc2)C1=O)C(=O)NCc1ccccc1. The summed E-state index contributed by atoms with van der Waals surface area (Å²) in [5.41, 5.74) is 0.244. The summed E-state index contributed by atoms with van der Waals surface area (Å²) >= 11 is 0.